The number of carbonyl (C=O) groups excluding carboxylic acids is 4. The van der Waals surface area contributed by atoms with Crippen molar-refractivity contribution in [2.24, 2.45) is 0 Å². The smallest absolute Gasteiger partial charge is 0.488 e. The number of benzene rings is 6. The molecule has 2 aliphatic heterocycles. The molecule has 0 saturated heterocycles. The lowest BCUT2D eigenvalue weighted by Crippen LogP contribution is -2.37. The Bertz CT molecular complexity index is 3840. The molecular weight excluding hydrogens is 1200 g/mol. The lowest BCUT2D eigenvalue weighted by molar-refractivity contribution is 0.0595. The molecule has 2 aliphatic rings. The van der Waals surface area contributed by atoms with Crippen LogP contribution in [0.5, 0.6) is 34.5 Å². The Morgan fingerprint density at radius 2 is 0.977 bits per heavy atom. The number of nitrogen functional groups attached to an aromatic ring is 2. The Morgan fingerprint density at radius 1 is 0.534 bits per heavy atom. The van der Waals surface area contributed by atoms with Crippen LogP contribution < -0.4 is 45.4 Å². The van der Waals surface area contributed by atoms with Gasteiger partial charge in [-0.05, 0) is 142 Å². The Hall–Kier alpha value is -8.43. The van der Waals surface area contributed by atoms with Crippen molar-refractivity contribution in [2.45, 2.75) is 59.9 Å². The predicted octanol–water partition coefficient (Wildman–Crippen LogP) is 6.88. The van der Waals surface area contributed by atoms with Crippen LogP contribution in [0.15, 0.2) is 121 Å². The molecule has 0 saturated carbocycles. The summed E-state index contributed by atoms with van der Waals surface area (Å²) in [6.45, 7) is 13.6. The highest BCUT2D eigenvalue weighted by Gasteiger charge is 2.43. The third-order valence-electron chi connectivity index (χ3n) is 13.5. The van der Waals surface area contributed by atoms with Gasteiger partial charge in [0.25, 0.3) is 23.6 Å². The molecule has 1 atom stereocenters. The summed E-state index contributed by atoms with van der Waals surface area (Å²) in [6.07, 6.45) is 4.77. The molecule has 2 heterocycles. The van der Waals surface area contributed by atoms with E-state index in [0.29, 0.717) is 66.9 Å². The topological polar surface area (TPSA) is 325 Å². The quantitative estimate of drug-likeness (QED) is 0.0306. The van der Waals surface area contributed by atoms with Crippen LogP contribution in [-0.4, -0.2) is 147 Å². The number of rotatable bonds is 22. The van der Waals surface area contributed by atoms with Gasteiger partial charge in [-0.1, -0.05) is 48.5 Å². The van der Waals surface area contributed by atoms with Gasteiger partial charge >= 0.3 is 7.12 Å². The van der Waals surface area contributed by atoms with Crippen LogP contribution in [0.2, 0.25) is 0 Å². The van der Waals surface area contributed by atoms with Gasteiger partial charge in [-0.3, -0.25) is 24.1 Å². The second-order valence-electron chi connectivity index (χ2n) is 20.2. The number of anilines is 2. The third-order valence-corrected chi connectivity index (χ3v) is 16.0. The van der Waals surface area contributed by atoms with Gasteiger partial charge in [-0.2, -0.15) is 0 Å². The van der Waals surface area contributed by atoms with E-state index in [9.17, 15) is 44.4 Å². The first-order valence-corrected chi connectivity index (χ1v) is 33.7. The van der Waals surface area contributed by atoms with E-state index in [4.69, 9.17) is 49.9 Å². The van der Waals surface area contributed by atoms with E-state index >= 15 is 0 Å². The number of carbonyl (C=O) groups is 4. The largest absolute Gasteiger partial charge is 0.494 e. The van der Waals surface area contributed by atoms with Gasteiger partial charge in [0, 0.05) is 47.7 Å². The monoisotopic (exact) mass is 1270 g/mol. The van der Waals surface area contributed by atoms with Gasteiger partial charge in [0.1, 0.15) is 31.2 Å². The van der Waals surface area contributed by atoms with Crippen LogP contribution in [0.25, 0.3) is 0 Å². The summed E-state index contributed by atoms with van der Waals surface area (Å²) in [5.41, 5.74) is 17.5. The van der Waals surface area contributed by atoms with E-state index in [-0.39, 0.29) is 45.3 Å². The Kier molecular flexibility index (Phi) is 24.8. The highest BCUT2D eigenvalue weighted by Crippen LogP contribution is 2.39. The van der Waals surface area contributed by atoms with Crippen molar-refractivity contribution in [1.82, 2.24) is 9.80 Å². The average molecular weight is 1270 g/mol. The van der Waals surface area contributed by atoms with Crippen molar-refractivity contribution >= 4 is 77.1 Å². The second kappa shape index (κ2) is 31.0. The number of nitrogens with zero attached hydrogens (tertiary/aromatic N) is 2. The van der Waals surface area contributed by atoms with Crippen LogP contribution in [0.1, 0.15) is 115 Å². The van der Waals surface area contributed by atoms with Crippen LogP contribution in [0.3, 0.4) is 0 Å². The highest BCUT2D eigenvalue weighted by molar-refractivity contribution is 7.93. The Morgan fingerprint density at radius 3 is 1.41 bits per heavy atom. The molecule has 0 bridgehead atoms. The molecule has 6 aromatic carbocycles. The molecule has 0 radical (unpaired) electrons. The lowest BCUT2D eigenvalue weighted by atomic mass is 9.80. The number of imide groups is 2. The van der Waals surface area contributed by atoms with Crippen LogP contribution in [0, 0.1) is 13.8 Å². The standard InChI is InChI=1S/C22H30O4S.C20H22N2O6S.C11H10N2O4S.C9H13BO4/c1-6-25-21-14-18(10-8-16(21)3)20(12-13-27(5,23)24)19-11-9-17(4)22(15-19)26-7-2;1-4-28-17-10-12(8-9-16(17)27-2)15(11-29(3,25)26)22-19(23)13-6-5-7-14(21)18(13)20(22)24;1-18(16,17)6-5-13-10(14)7-3-2-4-8(12)9(7)11(13)15;1-3-14-9-6-7(10(11)12)4-5-8(9)13-2/h8-11,14-15,20H,6-7,12-13H2,1-5H3;5-10,15H,4,11,21H2,1-3H3;2-6H,12H2,1H3;4-6,11-12H,3H2,1-2H3/b;;6-5+;. The fourth-order valence-electron chi connectivity index (χ4n) is 9.29. The molecule has 6 N–H and O–H groups in total. The minimum atomic E-state index is -3.54. The summed E-state index contributed by atoms with van der Waals surface area (Å²) >= 11 is 0. The SMILES string of the molecule is CCOc1cc(B(O)O)ccc1OC.CCOc1cc(C(CCS(C)(=O)=O)c2ccc(C)c(OCC)c2)ccc1C.CCOc1cc(C(CS(C)(=O)=O)N2C(=O)c3cccc(N)c3C2=O)ccc1OC.CS(=O)(=O)/C=C/N1C(=O)c2cccc(N)c2C1=O. The average Bonchev–Trinajstić information content (AvgIpc) is 1.64. The summed E-state index contributed by atoms with van der Waals surface area (Å²) in [4.78, 5) is 51.5. The molecule has 0 fully saturated rings. The molecule has 22 nitrogen and oxygen atoms in total. The number of hydrogen-bond acceptors (Lipinski definition) is 20. The zero-order chi connectivity index (χ0) is 65.4. The minimum Gasteiger partial charge on any atom is -0.494 e. The van der Waals surface area contributed by atoms with Crippen LogP contribution in [-0.2, 0) is 29.5 Å². The van der Waals surface area contributed by atoms with E-state index < -0.39 is 72.1 Å². The third kappa shape index (κ3) is 18.6. The van der Waals surface area contributed by atoms with E-state index in [1.807, 2.05) is 58.9 Å². The highest BCUT2D eigenvalue weighted by atomic mass is 32.2. The summed E-state index contributed by atoms with van der Waals surface area (Å²) in [7, 11) is -8.48. The number of sulfone groups is 3. The summed E-state index contributed by atoms with van der Waals surface area (Å²) in [6, 6.07) is 29.9. The van der Waals surface area contributed by atoms with Gasteiger partial charge in [-0.25, -0.2) is 30.2 Å². The molecule has 0 aromatic heterocycles. The first kappa shape index (κ1) is 70.3. The summed E-state index contributed by atoms with van der Waals surface area (Å²) < 4.78 is 102. The molecule has 0 spiro atoms. The molecule has 6 aromatic rings. The Balaban J connectivity index is 0.000000222. The van der Waals surface area contributed by atoms with Crippen molar-refractivity contribution in [1.29, 1.82) is 0 Å². The molecular formula is C62H75BN4O18S3. The summed E-state index contributed by atoms with van der Waals surface area (Å²) in [5, 5.41) is 18.7. The number of fused-ring (bicyclic) bond motifs is 2. The van der Waals surface area contributed by atoms with Gasteiger partial charge < -0.3 is 49.9 Å². The number of amides is 4. The molecule has 1 unspecified atom stereocenters. The van der Waals surface area contributed by atoms with E-state index in [2.05, 4.69) is 12.1 Å². The maximum absolute atomic E-state index is 13.0. The molecule has 8 rings (SSSR count). The Labute approximate surface area is 514 Å². The first-order chi connectivity index (χ1) is 41.4. The van der Waals surface area contributed by atoms with Crippen LogP contribution >= 0.6 is 0 Å². The van der Waals surface area contributed by atoms with Crippen molar-refractivity contribution in [3.63, 3.8) is 0 Å². The van der Waals surface area contributed by atoms with E-state index in [1.54, 1.807) is 55.5 Å². The van der Waals surface area contributed by atoms with E-state index in [0.717, 1.165) is 67.7 Å². The predicted molar refractivity (Wildman–Crippen MR) is 338 cm³/mol. The van der Waals surface area contributed by atoms with Gasteiger partial charge in [0.2, 0.25) is 0 Å². The van der Waals surface area contributed by atoms with Gasteiger partial charge in [-0.15, -0.1) is 0 Å². The lowest BCUT2D eigenvalue weighted by Gasteiger charge is -2.26. The maximum atomic E-state index is 13.0. The zero-order valence-electron chi connectivity index (χ0n) is 50.9. The summed E-state index contributed by atoms with van der Waals surface area (Å²) in [5.74, 6) is 0.885. The van der Waals surface area contributed by atoms with Crippen molar-refractivity contribution in [3.05, 3.63) is 171 Å². The first-order valence-electron chi connectivity index (χ1n) is 27.6. The number of aryl methyl sites for hydroxylation is 2. The number of nitrogens with two attached hydrogens (primary N) is 2. The number of hydrogen-bond donors (Lipinski definition) is 4. The zero-order valence-corrected chi connectivity index (χ0v) is 53.4. The van der Waals surface area contributed by atoms with E-state index in [1.165, 1.54) is 44.7 Å². The normalized spacial score (nSPS) is 13.1. The van der Waals surface area contributed by atoms with Crippen molar-refractivity contribution in [3.8, 4) is 34.5 Å². The fourth-order valence-corrected chi connectivity index (χ4v) is 11.2. The van der Waals surface area contributed by atoms with Gasteiger partial charge in [0.15, 0.2) is 32.8 Å². The second-order valence-corrected chi connectivity index (χ2v) is 26.5. The maximum Gasteiger partial charge on any atom is 0.488 e. The minimum absolute atomic E-state index is 0.0423. The van der Waals surface area contributed by atoms with Gasteiger partial charge in [0.05, 0.1) is 80.4 Å². The van der Waals surface area contributed by atoms with Crippen LogP contribution in [0.4, 0.5) is 11.4 Å². The molecule has 0 aliphatic carbocycles. The molecule has 4 amide bonds. The fraction of sp³-hybridized carbons (Fsp3) is 0.323. The molecule has 26 heteroatoms. The number of ether oxygens (including phenoxy) is 6. The number of methoxy groups -OCH3 is 2. The van der Waals surface area contributed by atoms with Crippen molar-refractivity contribution in [2.75, 3.05) is 82.4 Å². The molecule has 472 valence electrons. The molecule has 88 heavy (non-hydrogen) atoms. The van der Waals surface area contributed by atoms with Crippen molar-refractivity contribution < 1.29 is 82.9 Å².